The Balaban J connectivity index is 2.51. The van der Waals surface area contributed by atoms with Crippen molar-refractivity contribution in [1.29, 1.82) is 0 Å². The van der Waals surface area contributed by atoms with E-state index in [4.69, 9.17) is 15.2 Å². The second-order valence-electron chi connectivity index (χ2n) is 4.15. The monoisotopic (exact) mass is 259 g/mol. The van der Waals surface area contributed by atoms with E-state index in [2.05, 4.69) is 0 Å². The van der Waals surface area contributed by atoms with Gasteiger partial charge in [-0.1, -0.05) is 18.2 Å². The predicted octanol–water partition coefficient (Wildman–Crippen LogP) is 2.37. The number of aliphatic hydroxyl groups excluding tert-OH is 1. The van der Waals surface area contributed by atoms with Crippen LogP contribution in [-0.4, -0.2) is 19.3 Å². The highest BCUT2D eigenvalue weighted by atomic mass is 16.5. The number of hydrogen-bond donors (Lipinski definition) is 2. The molecular formula is C15H17NO3. The van der Waals surface area contributed by atoms with Gasteiger partial charge in [0.05, 0.1) is 19.8 Å². The molecule has 0 radical (unpaired) electrons. The van der Waals surface area contributed by atoms with Gasteiger partial charge in [-0.15, -0.1) is 0 Å². The van der Waals surface area contributed by atoms with Crippen molar-refractivity contribution < 1.29 is 14.6 Å². The summed E-state index contributed by atoms with van der Waals surface area (Å²) < 4.78 is 10.6. The largest absolute Gasteiger partial charge is 0.496 e. The lowest BCUT2D eigenvalue weighted by atomic mass is 9.99. The van der Waals surface area contributed by atoms with Gasteiger partial charge in [-0.2, -0.15) is 0 Å². The third kappa shape index (κ3) is 2.63. The second kappa shape index (κ2) is 5.63. The molecule has 2 aromatic rings. The van der Waals surface area contributed by atoms with Crippen LogP contribution in [0.3, 0.4) is 0 Å². The fraction of sp³-hybridized carbons (Fsp3) is 0.200. The Morgan fingerprint density at radius 1 is 1.00 bits per heavy atom. The van der Waals surface area contributed by atoms with E-state index in [0.717, 1.165) is 0 Å². The number of nitrogens with two attached hydrogens (primary N) is 1. The first-order chi connectivity index (χ1) is 9.17. The van der Waals surface area contributed by atoms with Crippen LogP contribution in [0.2, 0.25) is 0 Å². The van der Waals surface area contributed by atoms with Crippen LogP contribution < -0.4 is 15.2 Å². The van der Waals surface area contributed by atoms with Crippen LogP contribution >= 0.6 is 0 Å². The van der Waals surface area contributed by atoms with Crippen LogP contribution in [0.15, 0.2) is 42.5 Å². The van der Waals surface area contributed by atoms with Gasteiger partial charge in [0.1, 0.15) is 17.6 Å². The van der Waals surface area contributed by atoms with Crippen LogP contribution in [0.1, 0.15) is 17.2 Å². The lowest BCUT2D eigenvalue weighted by Crippen LogP contribution is -2.05. The van der Waals surface area contributed by atoms with E-state index in [1.165, 1.54) is 0 Å². The van der Waals surface area contributed by atoms with Crippen molar-refractivity contribution in [1.82, 2.24) is 0 Å². The van der Waals surface area contributed by atoms with E-state index in [1.54, 1.807) is 44.6 Å². The zero-order chi connectivity index (χ0) is 13.8. The summed E-state index contributed by atoms with van der Waals surface area (Å²) in [5.41, 5.74) is 7.64. The maximum absolute atomic E-state index is 10.5. The molecule has 0 fully saturated rings. The van der Waals surface area contributed by atoms with Gasteiger partial charge in [0.15, 0.2) is 0 Å². The molecule has 0 heterocycles. The van der Waals surface area contributed by atoms with E-state index in [1.807, 2.05) is 12.1 Å². The summed E-state index contributed by atoms with van der Waals surface area (Å²) in [4.78, 5) is 0. The molecule has 0 aliphatic heterocycles. The van der Waals surface area contributed by atoms with Gasteiger partial charge in [-0.3, -0.25) is 0 Å². The Labute approximate surface area is 112 Å². The Kier molecular flexibility index (Phi) is 3.92. The second-order valence-corrected chi connectivity index (χ2v) is 4.15. The van der Waals surface area contributed by atoms with Gasteiger partial charge in [-0.25, -0.2) is 0 Å². The number of benzene rings is 2. The molecule has 0 aromatic heterocycles. The van der Waals surface area contributed by atoms with Crippen molar-refractivity contribution in [3.63, 3.8) is 0 Å². The topological polar surface area (TPSA) is 64.7 Å². The van der Waals surface area contributed by atoms with Crippen molar-refractivity contribution in [3.8, 4) is 11.5 Å². The molecule has 0 spiro atoms. The minimum Gasteiger partial charge on any atom is -0.496 e. The van der Waals surface area contributed by atoms with Gasteiger partial charge in [0.25, 0.3) is 0 Å². The van der Waals surface area contributed by atoms with Gasteiger partial charge < -0.3 is 20.3 Å². The molecule has 4 nitrogen and oxygen atoms in total. The van der Waals surface area contributed by atoms with Gasteiger partial charge >= 0.3 is 0 Å². The van der Waals surface area contributed by atoms with Crippen molar-refractivity contribution in [2.24, 2.45) is 0 Å². The van der Waals surface area contributed by atoms with Crippen LogP contribution in [0, 0.1) is 0 Å². The zero-order valence-electron chi connectivity index (χ0n) is 11.0. The smallest absolute Gasteiger partial charge is 0.128 e. The molecular weight excluding hydrogens is 242 g/mol. The molecule has 19 heavy (non-hydrogen) atoms. The first kappa shape index (κ1) is 13.2. The summed E-state index contributed by atoms with van der Waals surface area (Å²) >= 11 is 0. The quantitative estimate of drug-likeness (QED) is 0.827. The minimum atomic E-state index is -0.852. The maximum atomic E-state index is 10.5. The van der Waals surface area contributed by atoms with Crippen molar-refractivity contribution in [3.05, 3.63) is 53.6 Å². The number of nitrogen functional groups attached to an aromatic ring is 1. The summed E-state index contributed by atoms with van der Waals surface area (Å²) in [5.74, 6) is 1.16. The van der Waals surface area contributed by atoms with Gasteiger partial charge in [-0.05, 0) is 29.8 Å². The van der Waals surface area contributed by atoms with Gasteiger partial charge in [0.2, 0.25) is 0 Å². The fourth-order valence-corrected chi connectivity index (χ4v) is 2.05. The molecule has 1 atom stereocenters. The van der Waals surface area contributed by atoms with E-state index >= 15 is 0 Å². The number of rotatable bonds is 4. The Bertz CT molecular complexity index is 547. The Morgan fingerprint density at radius 2 is 1.58 bits per heavy atom. The van der Waals surface area contributed by atoms with Crippen LogP contribution in [0.25, 0.3) is 0 Å². The molecule has 2 aromatic carbocycles. The van der Waals surface area contributed by atoms with E-state index in [0.29, 0.717) is 28.3 Å². The molecule has 0 aliphatic carbocycles. The highest BCUT2D eigenvalue weighted by molar-refractivity contribution is 5.51. The molecule has 100 valence electrons. The highest BCUT2D eigenvalue weighted by Gasteiger charge is 2.20. The van der Waals surface area contributed by atoms with Crippen molar-refractivity contribution in [2.75, 3.05) is 20.0 Å². The maximum Gasteiger partial charge on any atom is 0.128 e. The number of anilines is 1. The first-order valence-electron chi connectivity index (χ1n) is 5.91. The van der Waals surface area contributed by atoms with E-state index < -0.39 is 6.10 Å². The third-order valence-corrected chi connectivity index (χ3v) is 2.97. The normalized spacial score (nSPS) is 11.9. The van der Waals surface area contributed by atoms with Gasteiger partial charge in [0, 0.05) is 5.69 Å². The molecule has 3 N–H and O–H groups in total. The standard InChI is InChI=1S/C15H17NO3/c1-18-12-7-4-8-13(19-2)14(12)15(17)10-5-3-6-11(16)9-10/h3-9,15,17H,16H2,1-2H3. The number of methoxy groups -OCH3 is 2. The molecule has 1 unspecified atom stereocenters. The third-order valence-electron chi connectivity index (χ3n) is 2.97. The molecule has 4 heteroatoms. The molecule has 0 saturated carbocycles. The zero-order valence-corrected chi connectivity index (χ0v) is 11.0. The lowest BCUT2D eigenvalue weighted by molar-refractivity contribution is 0.209. The van der Waals surface area contributed by atoms with Crippen molar-refractivity contribution >= 4 is 5.69 Å². The lowest BCUT2D eigenvalue weighted by Gasteiger charge is -2.18. The predicted molar refractivity (Wildman–Crippen MR) is 74.5 cm³/mol. The number of ether oxygens (including phenoxy) is 2. The SMILES string of the molecule is COc1cccc(OC)c1C(O)c1cccc(N)c1. The van der Waals surface area contributed by atoms with E-state index in [9.17, 15) is 5.11 Å². The molecule has 0 aliphatic rings. The van der Waals surface area contributed by atoms with Crippen molar-refractivity contribution in [2.45, 2.75) is 6.10 Å². The number of aliphatic hydroxyl groups is 1. The molecule has 0 bridgehead atoms. The first-order valence-corrected chi connectivity index (χ1v) is 5.91. The average molecular weight is 259 g/mol. The highest BCUT2D eigenvalue weighted by Crippen LogP contribution is 2.37. The molecule has 0 saturated heterocycles. The van der Waals surface area contributed by atoms with Crippen LogP contribution in [0.4, 0.5) is 5.69 Å². The Hall–Kier alpha value is -2.20. The van der Waals surface area contributed by atoms with E-state index in [-0.39, 0.29) is 0 Å². The van der Waals surface area contributed by atoms with Crippen LogP contribution in [0.5, 0.6) is 11.5 Å². The average Bonchev–Trinajstić information content (AvgIpc) is 2.45. The number of hydrogen-bond acceptors (Lipinski definition) is 4. The fourth-order valence-electron chi connectivity index (χ4n) is 2.05. The molecule has 0 amide bonds. The summed E-state index contributed by atoms with van der Waals surface area (Å²) in [6.45, 7) is 0. The molecule has 2 rings (SSSR count). The summed E-state index contributed by atoms with van der Waals surface area (Å²) in [6.07, 6.45) is -0.852. The summed E-state index contributed by atoms with van der Waals surface area (Å²) in [6, 6.07) is 12.5. The Morgan fingerprint density at radius 3 is 2.11 bits per heavy atom. The summed E-state index contributed by atoms with van der Waals surface area (Å²) in [5, 5.41) is 10.5. The van der Waals surface area contributed by atoms with Crippen LogP contribution in [-0.2, 0) is 0 Å². The minimum absolute atomic E-state index is 0.578. The summed E-state index contributed by atoms with van der Waals surface area (Å²) in [7, 11) is 3.12.